The fraction of sp³-hybridized carbons (Fsp3) is 0.778. The summed E-state index contributed by atoms with van der Waals surface area (Å²) in [5, 5.41) is 8.62. The molecule has 0 bridgehead atoms. The second-order valence-electron chi connectivity index (χ2n) is 3.77. The van der Waals surface area contributed by atoms with Crippen molar-refractivity contribution in [2.75, 3.05) is 13.1 Å². The number of carbonyl (C=O) groups excluding carboxylic acids is 1. The highest BCUT2D eigenvalue weighted by Crippen LogP contribution is 2.31. The average Bonchev–Trinajstić information content (AvgIpc) is 2.78. The maximum absolute atomic E-state index is 11.3. The van der Waals surface area contributed by atoms with E-state index >= 15 is 0 Å². The van der Waals surface area contributed by atoms with Crippen LogP contribution in [0.5, 0.6) is 0 Å². The Morgan fingerprint density at radius 1 is 1.58 bits per heavy atom. The molecule has 0 aromatic heterocycles. The lowest BCUT2D eigenvalue weighted by Crippen LogP contribution is -2.27. The topological polar surface area (TPSA) is 44.1 Å². The van der Waals surface area contributed by atoms with Crippen LogP contribution in [-0.4, -0.2) is 23.9 Å². The lowest BCUT2D eigenvalue weighted by molar-refractivity contribution is -0.127. The zero-order chi connectivity index (χ0) is 8.55. The molecular formula is C9H12N2O. The summed E-state index contributed by atoms with van der Waals surface area (Å²) in [4.78, 5) is 13.1. The number of amides is 1. The third-order valence-corrected chi connectivity index (χ3v) is 2.57. The Morgan fingerprint density at radius 2 is 2.33 bits per heavy atom. The monoisotopic (exact) mass is 164 g/mol. The highest BCUT2D eigenvalue weighted by atomic mass is 16.2. The van der Waals surface area contributed by atoms with Crippen LogP contribution in [0.4, 0.5) is 0 Å². The van der Waals surface area contributed by atoms with Crippen molar-refractivity contribution in [1.29, 1.82) is 5.26 Å². The van der Waals surface area contributed by atoms with E-state index in [0.29, 0.717) is 13.0 Å². The maximum atomic E-state index is 11.3. The molecule has 1 aliphatic carbocycles. The molecule has 12 heavy (non-hydrogen) atoms. The molecule has 0 aromatic carbocycles. The van der Waals surface area contributed by atoms with Gasteiger partial charge in [-0.25, -0.2) is 0 Å². The molecule has 2 rings (SSSR count). The normalized spacial score (nSPS) is 29.1. The maximum Gasteiger partial charge on any atom is 0.224 e. The molecule has 0 N–H and O–H groups in total. The Hall–Kier alpha value is -1.04. The molecule has 0 aromatic rings. The molecule has 0 spiro atoms. The first-order valence-corrected chi connectivity index (χ1v) is 4.47. The van der Waals surface area contributed by atoms with Gasteiger partial charge in [0.15, 0.2) is 0 Å². The zero-order valence-corrected chi connectivity index (χ0v) is 6.99. The molecule has 3 nitrogen and oxygen atoms in total. The summed E-state index contributed by atoms with van der Waals surface area (Å²) in [6.07, 6.45) is 2.98. The van der Waals surface area contributed by atoms with E-state index in [9.17, 15) is 4.79 Å². The first kappa shape index (κ1) is 7.60. The van der Waals surface area contributed by atoms with E-state index in [1.54, 1.807) is 0 Å². The molecular weight excluding hydrogens is 152 g/mol. The summed E-state index contributed by atoms with van der Waals surface area (Å²) in [6.45, 7) is 1.57. The number of hydrogen-bond donors (Lipinski definition) is 0. The van der Waals surface area contributed by atoms with Crippen LogP contribution in [0.25, 0.3) is 0 Å². The van der Waals surface area contributed by atoms with E-state index in [-0.39, 0.29) is 11.8 Å². The summed E-state index contributed by atoms with van der Waals surface area (Å²) in [5.74, 6) is 0.871. The third-order valence-electron chi connectivity index (χ3n) is 2.57. The summed E-state index contributed by atoms with van der Waals surface area (Å²) >= 11 is 0. The predicted octanol–water partition coefficient (Wildman–Crippen LogP) is 0.768. The molecule has 1 atom stereocenters. The predicted molar refractivity (Wildman–Crippen MR) is 43.0 cm³/mol. The van der Waals surface area contributed by atoms with Crippen LogP contribution in [-0.2, 0) is 4.79 Å². The smallest absolute Gasteiger partial charge is 0.224 e. The molecule has 1 amide bonds. The van der Waals surface area contributed by atoms with Crippen molar-refractivity contribution in [3.8, 4) is 6.07 Å². The van der Waals surface area contributed by atoms with Gasteiger partial charge in [-0.1, -0.05) is 0 Å². The minimum Gasteiger partial charge on any atom is -0.341 e. The Morgan fingerprint density at radius 3 is 2.83 bits per heavy atom. The number of hydrogen-bond acceptors (Lipinski definition) is 2. The highest BCUT2D eigenvalue weighted by Gasteiger charge is 2.33. The van der Waals surface area contributed by atoms with Gasteiger partial charge in [0.2, 0.25) is 5.91 Å². The molecule has 64 valence electrons. The quantitative estimate of drug-likeness (QED) is 0.605. The average molecular weight is 164 g/mol. The standard InChI is InChI=1S/C9H12N2O/c10-4-8-3-9(12)11(6-8)5-7-1-2-7/h7-8H,1-3,5-6H2/t8-/m0/s1. The first-order chi connectivity index (χ1) is 5.79. The summed E-state index contributed by atoms with van der Waals surface area (Å²) in [6, 6.07) is 2.16. The zero-order valence-electron chi connectivity index (χ0n) is 6.99. The molecule has 1 aliphatic heterocycles. The first-order valence-electron chi connectivity index (χ1n) is 4.47. The number of likely N-dealkylation sites (tertiary alicyclic amines) is 1. The van der Waals surface area contributed by atoms with Gasteiger partial charge >= 0.3 is 0 Å². The molecule has 2 aliphatic rings. The largest absolute Gasteiger partial charge is 0.341 e. The lowest BCUT2D eigenvalue weighted by atomic mass is 10.1. The van der Waals surface area contributed by atoms with Crippen LogP contribution >= 0.6 is 0 Å². The van der Waals surface area contributed by atoms with E-state index in [0.717, 1.165) is 12.5 Å². The Bertz CT molecular complexity index is 239. The van der Waals surface area contributed by atoms with E-state index in [1.807, 2.05) is 4.90 Å². The third kappa shape index (κ3) is 1.42. The molecule has 1 saturated carbocycles. The van der Waals surface area contributed by atoms with Crippen LogP contribution in [0.3, 0.4) is 0 Å². The van der Waals surface area contributed by atoms with Crippen molar-refractivity contribution >= 4 is 5.91 Å². The van der Waals surface area contributed by atoms with Crippen LogP contribution in [0.1, 0.15) is 19.3 Å². The Kier molecular flexibility index (Phi) is 1.76. The number of carbonyl (C=O) groups is 1. The lowest BCUT2D eigenvalue weighted by Gasteiger charge is -2.14. The van der Waals surface area contributed by atoms with E-state index in [1.165, 1.54) is 12.8 Å². The van der Waals surface area contributed by atoms with Crippen molar-refractivity contribution in [2.45, 2.75) is 19.3 Å². The van der Waals surface area contributed by atoms with Gasteiger partial charge in [0.05, 0.1) is 12.0 Å². The van der Waals surface area contributed by atoms with Gasteiger partial charge in [-0.2, -0.15) is 5.26 Å². The van der Waals surface area contributed by atoms with Crippen molar-refractivity contribution in [3.05, 3.63) is 0 Å². The minimum atomic E-state index is -0.0451. The summed E-state index contributed by atoms with van der Waals surface area (Å²) in [5.41, 5.74) is 0. The molecule has 0 radical (unpaired) electrons. The van der Waals surface area contributed by atoms with Gasteiger partial charge in [-0.05, 0) is 18.8 Å². The van der Waals surface area contributed by atoms with Gasteiger partial charge < -0.3 is 4.90 Å². The second-order valence-corrected chi connectivity index (χ2v) is 3.77. The van der Waals surface area contributed by atoms with Gasteiger partial charge in [0.1, 0.15) is 0 Å². The fourth-order valence-corrected chi connectivity index (χ4v) is 1.65. The van der Waals surface area contributed by atoms with E-state index in [2.05, 4.69) is 6.07 Å². The van der Waals surface area contributed by atoms with Gasteiger partial charge in [0.25, 0.3) is 0 Å². The summed E-state index contributed by atoms with van der Waals surface area (Å²) in [7, 11) is 0. The number of nitrogens with zero attached hydrogens (tertiary/aromatic N) is 2. The van der Waals surface area contributed by atoms with E-state index in [4.69, 9.17) is 5.26 Å². The van der Waals surface area contributed by atoms with Crippen molar-refractivity contribution in [1.82, 2.24) is 4.90 Å². The van der Waals surface area contributed by atoms with Crippen LogP contribution < -0.4 is 0 Å². The molecule has 1 saturated heterocycles. The Labute approximate surface area is 72.0 Å². The molecule has 0 unspecified atom stereocenters. The second kappa shape index (κ2) is 2.78. The van der Waals surface area contributed by atoms with Crippen LogP contribution in [0.15, 0.2) is 0 Å². The van der Waals surface area contributed by atoms with Crippen molar-refractivity contribution in [2.24, 2.45) is 11.8 Å². The van der Waals surface area contributed by atoms with Crippen molar-refractivity contribution in [3.63, 3.8) is 0 Å². The molecule has 3 heteroatoms. The van der Waals surface area contributed by atoms with Crippen LogP contribution in [0.2, 0.25) is 0 Å². The van der Waals surface area contributed by atoms with Gasteiger partial charge in [-0.3, -0.25) is 4.79 Å². The van der Waals surface area contributed by atoms with Crippen molar-refractivity contribution < 1.29 is 4.79 Å². The Balaban J connectivity index is 1.90. The van der Waals surface area contributed by atoms with E-state index < -0.39 is 0 Å². The van der Waals surface area contributed by atoms with Gasteiger partial charge in [0, 0.05) is 19.5 Å². The SMILES string of the molecule is N#C[C@@H]1CC(=O)N(CC2CC2)C1. The molecule has 2 fully saturated rings. The number of nitriles is 1. The minimum absolute atomic E-state index is 0.0451. The fourth-order valence-electron chi connectivity index (χ4n) is 1.65. The molecule has 1 heterocycles. The van der Waals surface area contributed by atoms with Crippen LogP contribution in [0, 0.1) is 23.2 Å². The van der Waals surface area contributed by atoms with Gasteiger partial charge in [-0.15, -0.1) is 0 Å². The highest BCUT2D eigenvalue weighted by molar-refractivity contribution is 5.79. The number of rotatable bonds is 2. The summed E-state index contributed by atoms with van der Waals surface area (Å²) < 4.78 is 0.